The van der Waals surface area contributed by atoms with E-state index in [0.717, 1.165) is 5.56 Å². The van der Waals surface area contributed by atoms with E-state index in [0.29, 0.717) is 12.0 Å². The van der Waals surface area contributed by atoms with Crippen molar-refractivity contribution in [1.29, 1.82) is 0 Å². The van der Waals surface area contributed by atoms with Gasteiger partial charge in [-0.05, 0) is 31.4 Å². The lowest BCUT2D eigenvalue weighted by atomic mass is 9.53. The van der Waals surface area contributed by atoms with Crippen molar-refractivity contribution in [2.45, 2.75) is 65.2 Å². The second-order valence-corrected chi connectivity index (χ2v) is 11.5. The predicted octanol–water partition coefficient (Wildman–Crippen LogP) is 3.81. The van der Waals surface area contributed by atoms with Crippen LogP contribution < -0.4 is 5.32 Å². The number of aliphatic hydroxyl groups is 1. The quantitative estimate of drug-likeness (QED) is 0.402. The third-order valence-corrected chi connectivity index (χ3v) is 9.20. The number of esters is 2. The highest BCUT2D eigenvalue weighted by atomic mass is 16.6. The van der Waals surface area contributed by atoms with E-state index in [2.05, 4.69) is 5.32 Å². The number of benzene rings is 1. The summed E-state index contributed by atoms with van der Waals surface area (Å²) in [7, 11) is 1.47. The summed E-state index contributed by atoms with van der Waals surface area (Å²) in [6, 6.07) is 9.40. The van der Waals surface area contributed by atoms with E-state index in [1.165, 1.54) is 20.2 Å². The summed E-state index contributed by atoms with van der Waals surface area (Å²) < 4.78 is 17.2. The van der Waals surface area contributed by atoms with Gasteiger partial charge in [-0.3, -0.25) is 14.4 Å². The third kappa shape index (κ3) is 4.10. The van der Waals surface area contributed by atoms with Gasteiger partial charge in [-0.25, -0.2) is 4.79 Å². The molecule has 3 aliphatic carbocycles. The largest absolute Gasteiger partial charge is 0.504 e. The molecule has 1 aromatic carbocycles. The van der Waals surface area contributed by atoms with E-state index in [-0.39, 0.29) is 48.0 Å². The van der Waals surface area contributed by atoms with Crippen LogP contribution in [-0.4, -0.2) is 54.5 Å². The maximum absolute atomic E-state index is 14.0. The Hall–Kier alpha value is -3.72. The molecule has 1 heterocycles. The molecule has 2 fully saturated rings. The molecular weight excluding hydrogens is 514 g/mol. The van der Waals surface area contributed by atoms with Crippen molar-refractivity contribution in [2.24, 2.45) is 16.7 Å². The summed E-state index contributed by atoms with van der Waals surface area (Å²) in [6.45, 7) is 6.75. The second-order valence-electron chi connectivity index (χ2n) is 11.5. The smallest absolute Gasteiger partial charge is 0.340 e. The number of methoxy groups -OCH3 is 1. The number of cyclic esters (lactones) is 1. The van der Waals surface area contributed by atoms with Gasteiger partial charge in [0, 0.05) is 61.6 Å². The first-order valence-electron chi connectivity index (χ1n) is 13.6. The normalized spacial score (nSPS) is 33.3. The van der Waals surface area contributed by atoms with Crippen LogP contribution in [0.15, 0.2) is 64.6 Å². The number of hydrogen-bond donors (Lipinski definition) is 2. The second kappa shape index (κ2) is 10.0. The lowest BCUT2D eigenvalue weighted by Gasteiger charge is -2.53. The monoisotopic (exact) mass is 549 g/mol. The number of nitrogens with one attached hydrogen (secondary N) is 1. The van der Waals surface area contributed by atoms with Gasteiger partial charge in [0.2, 0.25) is 5.78 Å². The van der Waals surface area contributed by atoms with E-state index >= 15 is 0 Å². The van der Waals surface area contributed by atoms with Gasteiger partial charge in [0.1, 0.15) is 18.0 Å². The lowest BCUT2D eigenvalue weighted by molar-refractivity contribution is -0.160. The van der Waals surface area contributed by atoms with Gasteiger partial charge < -0.3 is 24.6 Å². The molecule has 40 heavy (non-hydrogen) atoms. The van der Waals surface area contributed by atoms with Gasteiger partial charge in [-0.2, -0.15) is 0 Å². The van der Waals surface area contributed by atoms with Gasteiger partial charge in [0.25, 0.3) is 0 Å². The molecular formula is C31H35NO8. The minimum atomic E-state index is -1.27. The van der Waals surface area contributed by atoms with Crippen molar-refractivity contribution in [3.8, 4) is 0 Å². The number of carbonyl (C=O) groups is 4. The maximum atomic E-state index is 14.0. The highest BCUT2D eigenvalue weighted by molar-refractivity contribution is 6.14. The molecule has 2 N–H and O–H groups in total. The first-order valence-corrected chi connectivity index (χ1v) is 13.6. The number of carbonyl (C=O) groups excluding carboxylic acids is 4. The van der Waals surface area contributed by atoms with Gasteiger partial charge in [0.05, 0.1) is 17.6 Å². The Morgan fingerprint density at radius 2 is 1.93 bits per heavy atom. The fourth-order valence-electron chi connectivity index (χ4n) is 7.14. The molecule has 1 saturated heterocycles. The Morgan fingerprint density at radius 3 is 2.58 bits per heavy atom. The molecule has 212 valence electrons. The third-order valence-electron chi connectivity index (χ3n) is 9.20. The molecule has 0 radical (unpaired) electrons. The highest BCUT2D eigenvalue weighted by Gasteiger charge is 2.64. The first kappa shape index (κ1) is 27.8. The van der Waals surface area contributed by atoms with Crippen LogP contribution in [0.5, 0.6) is 0 Å². The number of rotatable bonds is 6. The summed E-state index contributed by atoms with van der Waals surface area (Å²) in [5.41, 5.74) is -0.365. The van der Waals surface area contributed by atoms with Crippen molar-refractivity contribution < 1.29 is 38.5 Å². The van der Waals surface area contributed by atoms with Crippen molar-refractivity contribution in [3.63, 3.8) is 0 Å². The van der Waals surface area contributed by atoms with Gasteiger partial charge >= 0.3 is 11.9 Å². The van der Waals surface area contributed by atoms with Gasteiger partial charge in [0.15, 0.2) is 5.76 Å². The minimum Gasteiger partial charge on any atom is -0.504 e. The number of ketones is 2. The van der Waals surface area contributed by atoms with Crippen molar-refractivity contribution in [2.75, 3.05) is 13.7 Å². The van der Waals surface area contributed by atoms with Crippen LogP contribution in [0.4, 0.5) is 0 Å². The molecule has 9 heteroatoms. The Kier molecular flexibility index (Phi) is 6.98. The zero-order chi connectivity index (χ0) is 29.0. The molecule has 1 saturated carbocycles. The van der Waals surface area contributed by atoms with Crippen LogP contribution in [0, 0.1) is 16.7 Å². The topological polar surface area (TPSA) is 128 Å². The molecule has 0 amide bonds. The molecule has 1 aromatic rings. The molecule has 0 unspecified atom stereocenters. The van der Waals surface area contributed by atoms with Crippen LogP contribution in [0.1, 0.15) is 58.6 Å². The van der Waals surface area contributed by atoms with Crippen LogP contribution >= 0.6 is 0 Å². The predicted molar refractivity (Wildman–Crippen MR) is 144 cm³/mol. The summed E-state index contributed by atoms with van der Waals surface area (Å²) in [4.78, 5) is 52.8. The van der Waals surface area contributed by atoms with Gasteiger partial charge in [-0.15, -0.1) is 0 Å². The Morgan fingerprint density at radius 1 is 1.23 bits per heavy atom. The fraction of sp³-hybridized carbons (Fsp3) is 0.484. The molecule has 1 aliphatic heterocycles. The molecule has 0 spiro atoms. The average molecular weight is 550 g/mol. The average Bonchev–Trinajstić information content (AvgIpc) is 3.21. The molecule has 0 bridgehead atoms. The zero-order valence-corrected chi connectivity index (χ0v) is 23.4. The van der Waals surface area contributed by atoms with Crippen LogP contribution in [0.25, 0.3) is 0 Å². The Balaban J connectivity index is 1.69. The molecule has 5 rings (SSSR count). The number of aliphatic hydroxyl groups excluding tert-OH is 1. The number of ether oxygens (including phenoxy) is 3. The van der Waals surface area contributed by atoms with E-state index in [4.69, 9.17) is 14.2 Å². The van der Waals surface area contributed by atoms with E-state index in [1.807, 2.05) is 37.3 Å². The van der Waals surface area contributed by atoms with Gasteiger partial charge in [-0.1, -0.05) is 37.3 Å². The summed E-state index contributed by atoms with van der Waals surface area (Å²) >= 11 is 0. The standard InChI is InChI=1S/C31H35NO8/c1-16(18-9-7-6-8-10-18)32-14-19-25-28(36)27(35)24-20-11-12-22(34)30(20,3)13-21(39-17(2)33)26(24)31(25,4)23(15-38-5)40-29(19)37/h6-10,14,16,20-21,23,32,36H,11-13,15H2,1-5H3/b19-14-/t16-,20-,21+,23+,30-,31-/m0/s1. The molecule has 4 aliphatic rings. The number of hydrogen-bond acceptors (Lipinski definition) is 9. The van der Waals surface area contributed by atoms with Crippen LogP contribution in [0.2, 0.25) is 0 Å². The number of Topliss-reactive ketones (excluding diaryl/α,β-unsaturated/α-hetero) is 2. The fourth-order valence-corrected chi connectivity index (χ4v) is 7.14. The van der Waals surface area contributed by atoms with Crippen LogP contribution in [0.3, 0.4) is 0 Å². The SMILES string of the molecule is COC[C@H]1OC(=O)/C(=C\N[C@@H](C)c2ccccc2)C2=C(O)C(=O)C3=C([C@H](OC(C)=O)C[C@]4(C)C(=O)CC[C@@H]34)[C@]21C. The summed E-state index contributed by atoms with van der Waals surface area (Å²) in [5.74, 6) is -2.96. The molecule has 9 nitrogen and oxygen atoms in total. The van der Waals surface area contributed by atoms with E-state index in [9.17, 15) is 24.3 Å². The minimum absolute atomic E-state index is 0.00313. The zero-order valence-electron chi connectivity index (χ0n) is 23.4. The van der Waals surface area contributed by atoms with Crippen molar-refractivity contribution >= 4 is 23.5 Å². The summed E-state index contributed by atoms with van der Waals surface area (Å²) in [6.07, 6.45) is 0.541. The molecule has 6 atom stereocenters. The van der Waals surface area contributed by atoms with E-state index < -0.39 is 52.4 Å². The Bertz CT molecular complexity index is 1370. The molecule has 0 aromatic heterocycles. The van der Waals surface area contributed by atoms with Crippen LogP contribution in [-0.2, 0) is 33.4 Å². The van der Waals surface area contributed by atoms with E-state index in [1.54, 1.807) is 13.8 Å². The lowest BCUT2D eigenvalue weighted by Crippen LogP contribution is -2.57. The number of fused-ring (bicyclic) bond motifs is 4. The Labute approximate surface area is 233 Å². The highest BCUT2D eigenvalue weighted by Crippen LogP contribution is 2.62. The van der Waals surface area contributed by atoms with Crippen molar-refractivity contribution in [1.82, 2.24) is 5.32 Å². The number of allylic oxidation sites excluding steroid dienone is 1. The summed E-state index contributed by atoms with van der Waals surface area (Å²) in [5, 5.41) is 14.8. The maximum Gasteiger partial charge on any atom is 0.340 e. The van der Waals surface area contributed by atoms with Crippen molar-refractivity contribution in [3.05, 3.63) is 70.1 Å². The first-order chi connectivity index (χ1) is 18.9.